The third-order valence-electron chi connectivity index (χ3n) is 3.30. The molecule has 0 aliphatic heterocycles. The molecule has 0 aliphatic rings. The summed E-state index contributed by atoms with van der Waals surface area (Å²) in [6.45, 7) is 6.02. The number of hydrogen-bond donors (Lipinski definition) is 1. The van der Waals surface area contributed by atoms with Gasteiger partial charge in [-0.1, -0.05) is 0 Å². The number of aryl methyl sites for hydroxylation is 1. The van der Waals surface area contributed by atoms with Crippen molar-refractivity contribution in [3.05, 3.63) is 34.5 Å². The first-order valence-electron chi connectivity index (χ1n) is 5.73. The van der Waals surface area contributed by atoms with Crippen LogP contribution in [0.25, 0.3) is 11.3 Å². The summed E-state index contributed by atoms with van der Waals surface area (Å²) in [5.74, 6) is 0.892. The van der Waals surface area contributed by atoms with E-state index in [0.717, 1.165) is 40.0 Å². The highest BCUT2D eigenvalue weighted by molar-refractivity contribution is 5.86. The van der Waals surface area contributed by atoms with E-state index in [-0.39, 0.29) is 0 Å². The van der Waals surface area contributed by atoms with Gasteiger partial charge in [-0.05, 0) is 43.5 Å². The molecule has 18 heavy (non-hydrogen) atoms. The number of rotatable bonds is 3. The quantitative estimate of drug-likeness (QED) is 0.845. The van der Waals surface area contributed by atoms with Gasteiger partial charge in [-0.15, -0.1) is 0 Å². The van der Waals surface area contributed by atoms with Crippen molar-refractivity contribution >= 4 is 6.29 Å². The van der Waals surface area contributed by atoms with Crippen molar-refractivity contribution < 1.29 is 9.53 Å². The summed E-state index contributed by atoms with van der Waals surface area (Å²) in [6, 6.07) is 2.02. The van der Waals surface area contributed by atoms with Gasteiger partial charge in [-0.25, -0.2) is 0 Å². The summed E-state index contributed by atoms with van der Waals surface area (Å²) in [6.07, 6.45) is 2.35. The molecular weight excluding hydrogens is 228 g/mol. The zero-order chi connectivity index (χ0) is 13.3. The lowest BCUT2D eigenvalue weighted by Gasteiger charge is -2.15. The molecule has 0 saturated carbocycles. The van der Waals surface area contributed by atoms with E-state index in [1.54, 1.807) is 7.11 Å². The van der Waals surface area contributed by atoms with Crippen molar-refractivity contribution in [1.82, 2.24) is 10.2 Å². The third-order valence-corrected chi connectivity index (χ3v) is 3.30. The second-order valence-corrected chi connectivity index (χ2v) is 4.34. The number of carbonyl (C=O) groups excluding carboxylic acids is 1. The maximum absolute atomic E-state index is 11.0. The minimum atomic E-state index is 0.571. The van der Waals surface area contributed by atoms with Crippen LogP contribution in [0.3, 0.4) is 0 Å². The maximum Gasteiger partial charge on any atom is 0.153 e. The molecule has 1 N–H and O–H groups in total. The molecule has 0 fully saturated rings. The van der Waals surface area contributed by atoms with Gasteiger partial charge in [0.2, 0.25) is 0 Å². The molecule has 1 aromatic carbocycles. The van der Waals surface area contributed by atoms with Crippen LogP contribution in [0, 0.1) is 20.8 Å². The van der Waals surface area contributed by atoms with Gasteiger partial charge in [0.15, 0.2) is 6.29 Å². The van der Waals surface area contributed by atoms with Gasteiger partial charge in [0, 0.05) is 5.56 Å². The number of methoxy groups -OCH3 is 1. The highest BCUT2D eigenvalue weighted by Crippen LogP contribution is 2.34. The van der Waals surface area contributed by atoms with E-state index in [9.17, 15) is 4.79 Å². The summed E-state index contributed by atoms with van der Waals surface area (Å²) in [5.41, 5.74) is 5.54. The van der Waals surface area contributed by atoms with Crippen LogP contribution in [0.5, 0.6) is 5.75 Å². The fraction of sp³-hybridized carbons (Fsp3) is 0.286. The minimum Gasteiger partial charge on any atom is -0.496 e. The van der Waals surface area contributed by atoms with Crippen LogP contribution in [0.2, 0.25) is 0 Å². The molecular formula is C14H16N2O2. The van der Waals surface area contributed by atoms with Crippen molar-refractivity contribution in [1.29, 1.82) is 0 Å². The smallest absolute Gasteiger partial charge is 0.153 e. The number of aromatic nitrogens is 2. The van der Waals surface area contributed by atoms with E-state index < -0.39 is 0 Å². The number of hydrogen-bond acceptors (Lipinski definition) is 3. The van der Waals surface area contributed by atoms with Crippen molar-refractivity contribution in [2.45, 2.75) is 20.8 Å². The Morgan fingerprint density at radius 1 is 1.28 bits per heavy atom. The topological polar surface area (TPSA) is 55.0 Å². The summed E-state index contributed by atoms with van der Waals surface area (Å²) in [4.78, 5) is 11.0. The fourth-order valence-electron chi connectivity index (χ4n) is 2.23. The number of aldehydes is 1. The Kier molecular flexibility index (Phi) is 3.19. The van der Waals surface area contributed by atoms with Crippen molar-refractivity contribution in [3.8, 4) is 17.0 Å². The van der Waals surface area contributed by atoms with Gasteiger partial charge in [0.25, 0.3) is 0 Å². The fourth-order valence-corrected chi connectivity index (χ4v) is 2.23. The molecule has 0 spiro atoms. The molecule has 0 atom stereocenters. The molecule has 94 valence electrons. The van der Waals surface area contributed by atoms with Crippen LogP contribution < -0.4 is 4.74 Å². The third kappa shape index (κ3) is 1.79. The molecule has 2 aromatic rings. The predicted octanol–water partition coefficient (Wildman–Crippen LogP) is 2.82. The van der Waals surface area contributed by atoms with Gasteiger partial charge in [0.1, 0.15) is 5.75 Å². The molecule has 0 saturated heterocycles. The average molecular weight is 244 g/mol. The number of carbonyl (C=O) groups is 1. The number of nitrogens with zero attached hydrogens (tertiary/aromatic N) is 1. The first-order chi connectivity index (χ1) is 8.60. The van der Waals surface area contributed by atoms with Crippen LogP contribution in [-0.4, -0.2) is 23.6 Å². The van der Waals surface area contributed by atoms with E-state index in [1.807, 2.05) is 26.8 Å². The van der Waals surface area contributed by atoms with Crippen LogP contribution in [0.15, 0.2) is 12.3 Å². The Hall–Kier alpha value is -2.10. The SMILES string of the molecule is COc1c(C)cc(-c2[nH]ncc2C=O)c(C)c1C. The van der Waals surface area contributed by atoms with Crippen LogP contribution >= 0.6 is 0 Å². The lowest BCUT2D eigenvalue weighted by Crippen LogP contribution is -1.97. The highest BCUT2D eigenvalue weighted by Gasteiger charge is 2.15. The van der Waals surface area contributed by atoms with Crippen LogP contribution in [-0.2, 0) is 0 Å². The molecule has 0 aliphatic carbocycles. The van der Waals surface area contributed by atoms with Crippen LogP contribution in [0.1, 0.15) is 27.0 Å². The predicted molar refractivity (Wildman–Crippen MR) is 70.2 cm³/mol. The highest BCUT2D eigenvalue weighted by atomic mass is 16.5. The van der Waals surface area contributed by atoms with E-state index >= 15 is 0 Å². The van der Waals surface area contributed by atoms with Crippen molar-refractivity contribution in [2.75, 3.05) is 7.11 Å². The minimum absolute atomic E-state index is 0.571. The molecule has 0 unspecified atom stereocenters. The number of H-pyrrole nitrogens is 1. The number of nitrogens with one attached hydrogen (secondary N) is 1. The van der Waals surface area contributed by atoms with E-state index in [4.69, 9.17) is 4.74 Å². The number of ether oxygens (including phenoxy) is 1. The molecule has 1 heterocycles. The molecule has 4 nitrogen and oxygen atoms in total. The zero-order valence-electron chi connectivity index (χ0n) is 11.0. The molecule has 1 aromatic heterocycles. The van der Waals surface area contributed by atoms with Gasteiger partial charge >= 0.3 is 0 Å². The molecule has 2 rings (SSSR count). The van der Waals surface area contributed by atoms with Gasteiger partial charge in [0.05, 0.1) is 24.6 Å². The molecule has 4 heteroatoms. The standard InChI is InChI=1S/C14H16N2O2/c1-8-5-12(9(2)10(3)14(8)18-4)13-11(7-17)6-15-16-13/h5-7H,1-4H3,(H,15,16). The zero-order valence-corrected chi connectivity index (χ0v) is 11.0. The summed E-state index contributed by atoms with van der Waals surface area (Å²) >= 11 is 0. The number of aromatic amines is 1. The summed E-state index contributed by atoms with van der Waals surface area (Å²) < 4.78 is 5.39. The largest absolute Gasteiger partial charge is 0.496 e. The van der Waals surface area contributed by atoms with Crippen molar-refractivity contribution in [3.63, 3.8) is 0 Å². The normalized spacial score (nSPS) is 10.4. The Morgan fingerprint density at radius 3 is 2.61 bits per heavy atom. The first kappa shape index (κ1) is 12.4. The lowest BCUT2D eigenvalue weighted by atomic mass is 9.95. The van der Waals surface area contributed by atoms with E-state index in [0.29, 0.717) is 5.56 Å². The molecule has 0 bridgehead atoms. The van der Waals surface area contributed by atoms with E-state index in [1.165, 1.54) is 6.20 Å². The lowest BCUT2D eigenvalue weighted by molar-refractivity contribution is 0.112. The second-order valence-electron chi connectivity index (χ2n) is 4.34. The Balaban J connectivity index is 2.70. The Morgan fingerprint density at radius 2 is 2.00 bits per heavy atom. The molecule has 0 radical (unpaired) electrons. The van der Waals surface area contributed by atoms with Gasteiger partial charge in [-0.2, -0.15) is 5.10 Å². The monoisotopic (exact) mass is 244 g/mol. The summed E-state index contributed by atoms with van der Waals surface area (Å²) in [5, 5.41) is 6.81. The first-order valence-corrected chi connectivity index (χ1v) is 5.73. The van der Waals surface area contributed by atoms with Crippen molar-refractivity contribution in [2.24, 2.45) is 0 Å². The Bertz CT molecular complexity index is 600. The van der Waals surface area contributed by atoms with Gasteiger partial charge < -0.3 is 4.74 Å². The summed E-state index contributed by atoms with van der Waals surface area (Å²) in [7, 11) is 1.67. The second kappa shape index (κ2) is 4.64. The number of benzene rings is 1. The maximum atomic E-state index is 11.0. The molecule has 0 amide bonds. The Labute approximate surface area is 106 Å². The van der Waals surface area contributed by atoms with Crippen LogP contribution in [0.4, 0.5) is 0 Å². The average Bonchev–Trinajstić information content (AvgIpc) is 2.82. The van der Waals surface area contributed by atoms with Gasteiger partial charge in [-0.3, -0.25) is 9.89 Å². The van der Waals surface area contributed by atoms with E-state index in [2.05, 4.69) is 10.2 Å².